The second kappa shape index (κ2) is 7.14. The van der Waals surface area contributed by atoms with Crippen molar-refractivity contribution in [1.29, 1.82) is 0 Å². The third-order valence-corrected chi connectivity index (χ3v) is 5.21. The summed E-state index contributed by atoms with van der Waals surface area (Å²) in [5.41, 5.74) is 1.39. The van der Waals surface area contributed by atoms with Gasteiger partial charge in [-0.2, -0.15) is 0 Å². The second-order valence-electron chi connectivity index (χ2n) is 6.66. The number of likely N-dealkylation sites (tertiary alicyclic amines) is 1. The van der Waals surface area contributed by atoms with Crippen LogP contribution in [0.2, 0.25) is 5.02 Å². The molecule has 128 valence electrons. The number of piperidine rings is 1. The standard InChI is InChI=1S/C20H24ClNO2/c1-15-13-20(23,17-4-3-5-18(21)12-17)10-11-22(15)14-16-6-8-19(24-2)9-7-16/h3-9,12,15,23H,10-11,13-14H2,1-2H3/t15-,20+/m0/s1. The van der Waals surface area contributed by atoms with Crippen molar-refractivity contribution in [3.63, 3.8) is 0 Å². The van der Waals surface area contributed by atoms with Crippen molar-refractivity contribution in [3.8, 4) is 5.75 Å². The Morgan fingerprint density at radius 2 is 2.00 bits per heavy atom. The first-order chi connectivity index (χ1) is 11.5. The van der Waals surface area contributed by atoms with Crippen molar-refractivity contribution in [2.24, 2.45) is 0 Å². The molecule has 0 bridgehead atoms. The molecule has 24 heavy (non-hydrogen) atoms. The highest BCUT2D eigenvalue weighted by Crippen LogP contribution is 2.37. The highest BCUT2D eigenvalue weighted by Gasteiger charge is 2.37. The Morgan fingerprint density at radius 1 is 1.25 bits per heavy atom. The smallest absolute Gasteiger partial charge is 0.118 e. The van der Waals surface area contributed by atoms with Gasteiger partial charge in [-0.15, -0.1) is 0 Å². The molecule has 1 aliphatic heterocycles. The van der Waals surface area contributed by atoms with E-state index < -0.39 is 5.60 Å². The maximum Gasteiger partial charge on any atom is 0.118 e. The van der Waals surface area contributed by atoms with Crippen molar-refractivity contribution in [3.05, 3.63) is 64.7 Å². The molecule has 0 saturated carbocycles. The molecule has 4 heteroatoms. The van der Waals surface area contributed by atoms with Gasteiger partial charge in [0.1, 0.15) is 5.75 Å². The summed E-state index contributed by atoms with van der Waals surface area (Å²) in [5, 5.41) is 11.8. The highest BCUT2D eigenvalue weighted by atomic mass is 35.5. The monoisotopic (exact) mass is 345 g/mol. The van der Waals surface area contributed by atoms with E-state index in [1.54, 1.807) is 7.11 Å². The Labute approximate surface area is 148 Å². The van der Waals surface area contributed by atoms with Crippen molar-refractivity contribution in [2.75, 3.05) is 13.7 Å². The van der Waals surface area contributed by atoms with E-state index in [4.69, 9.17) is 16.3 Å². The van der Waals surface area contributed by atoms with Gasteiger partial charge in [-0.05, 0) is 55.2 Å². The Kier molecular flexibility index (Phi) is 5.14. The first kappa shape index (κ1) is 17.3. The van der Waals surface area contributed by atoms with Crippen LogP contribution >= 0.6 is 11.6 Å². The molecule has 1 fully saturated rings. The van der Waals surface area contributed by atoms with E-state index in [1.165, 1.54) is 5.56 Å². The van der Waals surface area contributed by atoms with E-state index in [-0.39, 0.29) is 0 Å². The quantitative estimate of drug-likeness (QED) is 0.900. The molecule has 1 aliphatic rings. The molecule has 0 aliphatic carbocycles. The fourth-order valence-electron chi connectivity index (χ4n) is 3.51. The molecule has 1 N–H and O–H groups in total. The Morgan fingerprint density at radius 3 is 2.62 bits per heavy atom. The normalized spacial score (nSPS) is 24.8. The Bertz CT molecular complexity index is 688. The van der Waals surface area contributed by atoms with E-state index in [9.17, 15) is 5.11 Å². The molecule has 2 aromatic carbocycles. The molecule has 1 saturated heterocycles. The zero-order valence-electron chi connectivity index (χ0n) is 14.2. The largest absolute Gasteiger partial charge is 0.497 e. The van der Waals surface area contributed by atoms with Gasteiger partial charge in [-0.25, -0.2) is 0 Å². The summed E-state index contributed by atoms with van der Waals surface area (Å²) in [6.45, 7) is 3.92. The van der Waals surface area contributed by atoms with E-state index in [0.29, 0.717) is 23.9 Å². The Balaban J connectivity index is 1.68. The van der Waals surface area contributed by atoms with Crippen LogP contribution in [-0.4, -0.2) is 29.7 Å². The number of halogens is 1. The maximum absolute atomic E-state index is 11.1. The van der Waals surface area contributed by atoms with E-state index in [1.807, 2.05) is 36.4 Å². The fraction of sp³-hybridized carbons (Fsp3) is 0.400. The minimum Gasteiger partial charge on any atom is -0.497 e. The molecule has 0 spiro atoms. The minimum absolute atomic E-state index is 0.296. The van der Waals surface area contributed by atoms with Crippen molar-refractivity contribution < 1.29 is 9.84 Å². The molecule has 0 radical (unpaired) electrons. The Hall–Kier alpha value is -1.55. The van der Waals surface area contributed by atoms with Crippen LogP contribution < -0.4 is 4.74 Å². The van der Waals surface area contributed by atoms with Gasteiger partial charge >= 0.3 is 0 Å². The number of hydrogen-bond donors (Lipinski definition) is 1. The van der Waals surface area contributed by atoms with Crippen molar-refractivity contribution in [1.82, 2.24) is 4.90 Å². The van der Waals surface area contributed by atoms with Crippen LogP contribution in [-0.2, 0) is 12.1 Å². The zero-order valence-corrected chi connectivity index (χ0v) is 15.0. The van der Waals surface area contributed by atoms with Gasteiger partial charge in [0.2, 0.25) is 0 Å². The average Bonchev–Trinajstić information content (AvgIpc) is 2.58. The van der Waals surface area contributed by atoms with E-state index >= 15 is 0 Å². The van der Waals surface area contributed by atoms with Gasteiger partial charge in [-0.3, -0.25) is 4.90 Å². The summed E-state index contributed by atoms with van der Waals surface area (Å²) in [5.74, 6) is 0.876. The van der Waals surface area contributed by atoms with Gasteiger partial charge in [0.05, 0.1) is 12.7 Å². The molecule has 3 nitrogen and oxygen atoms in total. The molecule has 2 atom stereocenters. The van der Waals surface area contributed by atoms with E-state index in [2.05, 4.69) is 24.0 Å². The SMILES string of the molecule is COc1ccc(CN2CC[C@](O)(c3cccc(Cl)c3)C[C@@H]2C)cc1. The first-order valence-corrected chi connectivity index (χ1v) is 8.73. The molecule has 1 heterocycles. The van der Waals surface area contributed by atoms with Gasteiger partial charge in [0, 0.05) is 24.2 Å². The molecular weight excluding hydrogens is 322 g/mol. The number of hydrogen-bond acceptors (Lipinski definition) is 3. The van der Waals surface area contributed by atoms with Crippen LogP contribution in [0.15, 0.2) is 48.5 Å². The minimum atomic E-state index is -0.791. The lowest BCUT2D eigenvalue weighted by molar-refractivity contribution is -0.0502. The third kappa shape index (κ3) is 3.75. The molecule has 2 aromatic rings. The molecule has 0 unspecified atom stereocenters. The predicted molar refractivity (Wildman–Crippen MR) is 97.4 cm³/mol. The fourth-order valence-corrected chi connectivity index (χ4v) is 3.70. The summed E-state index contributed by atoms with van der Waals surface area (Å²) < 4.78 is 5.21. The number of aliphatic hydroxyl groups is 1. The number of benzene rings is 2. The predicted octanol–water partition coefficient (Wildman–Crippen LogP) is 4.22. The van der Waals surface area contributed by atoms with Gasteiger partial charge < -0.3 is 9.84 Å². The summed E-state index contributed by atoms with van der Waals surface area (Å²) in [7, 11) is 1.68. The number of ether oxygens (including phenoxy) is 1. The summed E-state index contributed by atoms with van der Waals surface area (Å²) >= 11 is 6.09. The summed E-state index contributed by atoms with van der Waals surface area (Å²) in [6.07, 6.45) is 1.43. The lowest BCUT2D eigenvalue weighted by atomic mass is 9.81. The molecule has 0 aromatic heterocycles. The first-order valence-electron chi connectivity index (χ1n) is 8.35. The van der Waals surface area contributed by atoms with Gasteiger partial charge in [0.25, 0.3) is 0 Å². The van der Waals surface area contributed by atoms with Crippen LogP contribution in [0.5, 0.6) is 5.75 Å². The molecule has 0 amide bonds. The number of methoxy groups -OCH3 is 1. The maximum atomic E-state index is 11.1. The number of rotatable bonds is 4. The van der Waals surface area contributed by atoms with Crippen molar-refractivity contribution >= 4 is 11.6 Å². The average molecular weight is 346 g/mol. The summed E-state index contributed by atoms with van der Waals surface area (Å²) in [4.78, 5) is 2.42. The zero-order chi connectivity index (χ0) is 17.2. The van der Waals surface area contributed by atoms with Gasteiger partial charge in [0.15, 0.2) is 0 Å². The highest BCUT2D eigenvalue weighted by molar-refractivity contribution is 6.30. The lowest BCUT2D eigenvalue weighted by Crippen LogP contribution is -2.47. The van der Waals surface area contributed by atoms with Crippen LogP contribution in [0.1, 0.15) is 30.9 Å². The topological polar surface area (TPSA) is 32.7 Å². The summed E-state index contributed by atoms with van der Waals surface area (Å²) in [6, 6.07) is 16.1. The second-order valence-corrected chi connectivity index (χ2v) is 7.10. The van der Waals surface area contributed by atoms with Crippen LogP contribution in [0.25, 0.3) is 0 Å². The van der Waals surface area contributed by atoms with Crippen LogP contribution in [0.3, 0.4) is 0 Å². The van der Waals surface area contributed by atoms with Gasteiger partial charge in [-0.1, -0.05) is 35.9 Å². The number of nitrogens with zero attached hydrogens (tertiary/aromatic N) is 1. The molecule has 3 rings (SSSR count). The molecular formula is C20H24ClNO2. The van der Waals surface area contributed by atoms with Crippen LogP contribution in [0, 0.1) is 0 Å². The van der Waals surface area contributed by atoms with Crippen molar-refractivity contribution in [2.45, 2.75) is 38.0 Å². The van der Waals surface area contributed by atoms with Crippen LogP contribution in [0.4, 0.5) is 0 Å². The lowest BCUT2D eigenvalue weighted by Gasteiger charge is -2.43. The third-order valence-electron chi connectivity index (χ3n) is 4.98. The van der Waals surface area contributed by atoms with E-state index in [0.717, 1.165) is 24.4 Å².